The molecular weight excluding hydrogens is 345 g/mol. The SMILES string of the molecule is CCCc1ccc(-c2cc(F)c(I)c(F)c2)cc1. The second-order valence-electron chi connectivity index (χ2n) is 4.20. The van der Waals surface area contributed by atoms with E-state index in [4.69, 9.17) is 0 Å². The lowest BCUT2D eigenvalue weighted by molar-refractivity contribution is 0.571. The molecule has 94 valence electrons. The van der Waals surface area contributed by atoms with Crippen LogP contribution in [-0.4, -0.2) is 0 Å². The molecule has 0 N–H and O–H groups in total. The molecule has 0 bridgehead atoms. The van der Waals surface area contributed by atoms with Crippen LogP contribution in [0.4, 0.5) is 8.78 Å². The predicted molar refractivity (Wildman–Crippen MR) is 78.5 cm³/mol. The van der Waals surface area contributed by atoms with Crippen LogP contribution >= 0.6 is 22.6 Å². The molecule has 0 radical (unpaired) electrons. The first-order valence-electron chi connectivity index (χ1n) is 5.85. The molecule has 0 atom stereocenters. The average molecular weight is 358 g/mol. The summed E-state index contributed by atoms with van der Waals surface area (Å²) in [7, 11) is 0. The summed E-state index contributed by atoms with van der Waals surface area (Å²) in [6.45, 7) is 2.12. The fraction of sp³-hybridized carbons (Fsp3) is 0.200. The van der Waals surface area contributed by atoms with Gasteiger partial charge in [-0.15, -0.1) is 0 Å². The molecule has 0 nitrogen and oxygen atoms in total. The Labute approximate surface area is 119 Å². The van der Waals surface area contributed by atoms with Gasteiger partial charge in [-0.25, -0.2) is 8.78 Å². The van der Waals surface area contributed by atoms with E-state index in [2.05, 4.69) is 6.92 Å². The maximum atomic E-state index is 13.5. The van der Waals surface area contributed by atoms with Gasteiger partial charge < -0.3 is 0 Å². The Morgan fingerprint density at radius 1 is 0.944 bits per heavy atom. The number of hydrogen-bond acceptors (Lipinski definition) is 0. The van der Waals surface area contributed by atoms with Gasteiger partial charge in [0.1, 0.15) is 11.6 Å². The third-order valence-corrected chi connectivity index (χ3v) is 3.84. The van der Waals surface area contributed by atoms with Gasteiger partial charge in [0.15, 0.2) is 0 Å². The minimum atomic E-state index is -0.511. The molecule has 2 rings (SSSR count). The van der Waals surface area contributed by atoms with Crippen molar-refractivity contribution in [1.29, 1.82) is 0 Å². The van der Waals surface area contributed by atoms with Crippen molar-refractivity contribution in [2.24, 2.45) is 0 Å². The maximum absolute atomic E-state index is 13.5. The van der Waals surface area contributed by atoms with Gasteiger partial charge in [-0.2, -0.15) is 0 Å². The van der Waals surface area contributed by atoms with Crippen LogP contribution < -0.4 is 0 Å². The Bertz CT molecular complexity index is 524. The van der Waals surface area contributed by atoms with Gasteiger partial charge in [-0.05, 0) is 57.8 Å². The molecule has 0 aliphatic carbocycles. The third-order valence-electron chi connectivity index (χ3n) is 2.81. The van der Waals surface area contributed by atoms with Crippen molar-refractivity contribution in [3.63, 3.8) is 0 Å². The van der Waals surface area contributed by atoms with Crippen molar-refractivity contribution in [2.75, 3.05) is 0 Å². The smallest absolute Gasteiger partial charge is 0.140 e. The van der Waals surface area contributed by atoms with Gasteiger partial charge in [0.2, 0.25) is 0 Å². The van der Waals surface area contributed by atoms with Gasteiger partial charge in [-0.1, -0.05) is 37.6 Å². The molecule has 0 spiro atoms. The Balaban J connectivity index is 2.36. The number of aryl methyl sites for hydroxylation is 1. The zero-order valence-electron chi connectivity index (χ0n) is 10.0. The molecule has 18 heavy (non-hydrogen) atoms. The summed E-state index contributed by atoms with van der Waals surface area (Å²) in [6, 6.07) is 10.6. The van der Waals surface area contributed by atoms with Crippen LogP contribution in [0.25, 0.3) is 11.1 Å². The second kappa shape index (κ2) is 5.78. The molecule has 0 heterocycles. The number of hydrogen-bond donors (Lipinski definition) is 0. The molecule has 3 heteroatoms. The Morgan fingerprint density at radius 2 is 1.50 bits per heavy atom. The van der Waals surface area contributed by atoms with E-state index in [-0.39, 0.29) is 3.57 Å². The summed E-state index contributed by atoms with van der Waals surface area (Å²) in [5.74, 6) is -1.02. The van der Waals surface area contributed by atoms with E-state index in [0.717, 1.165) is 18.4 Å². The molecule has 0 aliphatic heterocycles. The van der Waals surface area contributed by atoms with Gasteiger partial charge in [0.25, 0.3) is 0 Å². The van der Waals surface area contributed by atoms with E-state index >= 15 is 0 Å². The molecule has 0 amide bonds. The highest BCUT2D eigenvalue weighted by molar-refractivity contribution is 14.1. The van der Waals surface area contributed by atoms with E-state index in [1.165, 1.54) is 17.7 Å². The molecule has 0 aromatic heterocycles. The summed E-state index contributed by atoms with van der Waals surface area (Å²) in [6.07, 6.45) is 2.11. The highest BCUT2D eigenvalue weighted by Crippen LogP contribution is 2.25. The van der Waals surface area contributed by atoms with E-state index < -0.39 is 11.6 Å². The van der Waals surface area contributed by atoms with Crippen molar-refractivity contribution in [3.05, 3.63) is 57.2 Å². The molecule has 2 aromatic rings. The average Bonchev–Trinajstić information content (AvgIpc) is 2.37. The van der Waals surface area contributed by atoms with Gasteiger partial charge >= 0.3 is 0 Å². The summed E-state index contributed by atoms with van der Waals surface area (Å²) in [5.41, 5.74) is 2.66. The topological polar surface area (TPSA) is 0 Å². The molecule has 0 saturated heterocycles. The monoisotopic (exact) mass is 358 g/mol. The maximum Gasteiger partial charge on any atom is 0.140 e. The Hall–Kier alpha value is -0.970. The standard InChI is InChI=1S/C15H13F2I/c1-2-3-10-4-6-11(7-5-10)12-8-13(16)15(18)14(17)9-12/h4-9H,2-3H2,1H3. The molecule has 0 aliphatic rings. The fourth-order valence-corrected chi connectivity index (χ4v) is 2.19. The highest BCUT2D eigenvalue weighted by atomic mass is 127. The quantitative estimate of drug-likeness (QED) is 0.523. The van der Waals surface area contributed by atoms with Crippen molar-refractivity contribution >= 4 is 22.6 Å². The van der Waals surface area contributed by atoms with E-state index in [9.17, 15) is 8.78 Å². The summed E-state index contributed by atoms with van der Waals surface area (Å²) in [4.78, 5) is 0. The van der Waals surface area contributed by atoms with Crippen LogP contribution in [0.1, 0.15) is 18.9 Å². The lowest BCUT2D eigenvalue weighted by Gasteiger charge is -2.06. The first-order valence-corrected chi connectivity index (χ1v) is 6.93. The fourth-order valence-electron chi connectivity index (χ4n) is 1.87. The summed E-state index contributed by atoms with van der Waals surface area (Å²) >= 11 is 1.67. The number of rotatable bonds is 3. The van der Waals surface area contributed by atoms with E-state index in [1.807, 2.05) is 24.3 Å². The predicted octanol–water partition coefficient (Wildman–Crippen LogP) is 5.19. The summed E-state index contributed by atoms with van der Waals surface area (Å²) in [5, 5.41) is 0. The van der Waals surface area contributed by atoms with E-state index in [1.54, 1.807) is 22.6 Å². The zero-order valence-corrected chi connectivity index (χ0v) is 12.2. The van der Waals surface area contributed by atoms with E-state index in [0.29, 0.717) is 5.56 Å². The lowest BCUT2D eigenvalue weighted by Crippen LogP contribution is -1.91. The Morgan fingerprint density at radius 3 is 2.00 bits per heavy atom. The van der Waals surface area contributed by atoms with Crippen molar-refractivity contribution < 1.29 is 8.78 Å². The second-order valence-corrected chi connectivity index (χ2v) is 5.28. The Kier molecular flexibility index (Phi) is 4.32. The third kappa shape index (κ3) is 2.88. The number of halogens is 3. The minimum absolute atomic E-state index is 0.0407. The minimum Gasteiger partial charge on any atom is -0.206 e. The normalized spacial score (nSPS) is 10.7. The molecular formula is C15H13F2I. The van der Waals surface area contributed by atoms with Gasteiger partial charge in [-0.3, -0.25) is 0 Å². The molecule has 2 aromatic carbocycles. The van der Waals surface area contributed by atoms with Crippen LogP contribution in [0.2, 0.25) is 0 Å². The van der Waals surface area contributed by atoms with Crippen LogP contribution in [0, 0.1) is 15.2 Å². The molecule has 0 saturated carbocycles. The first kappa shape index (κ1) is 13.5. The van der Waals surface area contributed by atoms with Gasteiger partial charge in [0, 0.05) is 0 Å². The molecule has 0 fully saturated rings. The zero-order chi connectivity index (χ0) is 13.1. The first-order chi connectivity index (χ1) is 8.61. The summed E-state index contributed by atoms with van der Waals surface area (Å²) < 4.78 is 27.0. The van der Waals surface area contributed by atoms with Crippen LogP contribution in [0.5, 0.6) is 0 Å². The lowest BCUT2D eigenvalue weighted by atomic mass is 10.0. The van der Waals surface area contributed by atoms with Gasteiger partial charge in [0.05, 0.1) is 3.57 Å². The highest BCUT2D eigenvalue weighted by Gasteiger charge is 2.09. The van der Waals surface area contributed by atoms with Crippen molar-refractivity contribution in [3.8, 4) is 11.1 Å². The van der Waals surface area contributed by atoms with Crippen molar-refractivity contribution in [1.82, 2.24) is 0 Å². The largest absolute Gasteiger partial charge is 0.206 e. The van der Waals surface area contributed by atoms with Crippen molar-refractivity contribution in [2.45, 2.75) is 19.8 Å². The van der Waals surface area contributed by atoms with Crippen LogP contribution in [0.15, 0.2) is 36.4 Å². The number of benzene rings is 2. The molecule has 0 unspecified atom stereocenters. The van der Waals surface area contributed by atoms with Crippen LogP contribution in [0.3, 0.4) is 0 Å². The van der Waals surface area contributed by atoms with Crippen LogP contribution in [-0.2, 0) is 6.42 Å².